The lowest BCUT2D eigenvalue weighted by molar-refractivity contribution is 0.193. The Labute approximate surface area is 166 Å². The molecular weight excluding hydrogens is 378 g/mol. The number of rotatable bonds is 4. The van der Waals surface area contributed by atoms with E-state index in [2.05, 4.69) is 22.4 Å². The average Bonchev–Trinajstić information content (AvgIpc) is 3.37. The molecule has 150 valence electrons. The van der Waals surface area contributed by atoms with Gasteiger partial charge in [0.1, 0.15) is 17.7 Å². The molecule has 1 aromatic heterocycles. The van der Waals surface area contributed by atoms with E-state index in [0.717, 1.165) is 36.2 Å². The van der Waals surface area contributed by atoms with Crippen molar-refractivity contribution >= 4 is 11.7 Å². The van der Waals surface area contributed by atoms with E-state index < -0.39 is 17.7 Å². The Bertz CT molecular complexity index is 1040. The fourth-order valence-corrected chi connectivity index (χ4v) is 3.48. The van der Waals surface area contributed by atoms with Gasteiger partial charge in [-0.2, -0.15) is 4.98 Å². The highest BCUT2D eigenvalue weighted by Gasteiger charge is 2.34. The van der Waals surface area contributed by atoms with Crippen molar-refractivity contribution in [3.05, 3.63) is 65.6 Å². The molecule has 1 atom stereocenters. The van der Waals surface area contributed by atoms with Crippen molar-refractivity contribution in [2.75, 3.05) is 11.9 Å². The molecule has 1 aliphatic heterocycles. The predicted molar refractivity (Wildman–Crippen MR) is 103 cm³/mol. The van der Waals surface area contributed by atoms with Gasteiger partial charge in [0.15, 0.2) is 0 Å². The van der Waals surface area contributed by atoms with Crippen LogP contribution in [0.1, 0.15) is 37.3 Å². The average molecular weight is 398 g/mol. The molecule has 0 saturated carbocycles. The molecule has 1 saturated heterocycles. The topological polar surface area (TPSA) is 71.3 Å². The van der Waals surface area contributed by atoms with Crippen molar-refractivity contribution < 1.29 is 18.1 Å². The Morgan fingerprint density at radius 3 is 2.93 bits per heavy atom. The van der Waals surface area contributed by atoms with Gasteiger partial charge in [0, 0.05) is 18.3 Å². The van der Waals surface area contributed by atoms with E-state index >= 15 is 0 Å². The summed E-state index contributed by atoms with van der Waals surface area (Å²) in [4.78, 5) is 18.7. The number of urea groups is 1. The van der Waals surface area contributed by atoms with Crippen LogP contribution in [0.15, 0.2) is 47.0 Å². The van der Waals surface area contributed by atoms with Crippen LogP contribution >= 0.6 is 0 Å². The molecule has 6 nitrogen and oxygen atoms in total. The van der Waals surface area contributed by atoms with Gasteiger partial charge in [-0.15, -0.1) is 0 Å². The maximum Gasteiger partial charge on any atom is 0.322 e. The molecule has 0 spiro atoms. The molecular formula is C21H20F2N4O2. The Morgan fingerprint density at radius 1 is 1.28 bits per heavy atom. The summed E-state index contributed by atoms with van der Waals surface area (Å²) in [7, 11) is 0. The van der Waals surface area contributed by atoms with Gasteiger partial charge in [-0.3, -0.25) is 0 Å². The van der Waals surface area contributed by atoms with Crippen LogP contribution < -0.4 is 5.32 Å². The molecule has 1 N–H and O–H groups in total. The molecule has 1 aliphatic rings. The second-order valence-electron chi connectivity index (χ2n) is 6.92. The number of hydrogen-bond donors (Lipinski definition) is 1. The van der Waals surface area contributed by atoms with Crippen molar-refractivity contribution in [2.45, 2.75) is 32.2 Å². The van der Waals surface area contributed by atoms with Crippen molar-refractivity contribution in [3.8, 4) is 11.4 Å². The number of hydrogen-bond acceptors (Lipinski definition) is 4. The highest BCUT2D eigenvalue weighted by atomic mass is 19.1. The third-order valence-corrected chi connectivity index (χ3v) is 5.00. The number of carbonyl (C=O) groups is 1. The number of aromatic nitrogens is 2. The van der Waals surface area contributed by atoms with Crippen LogP contribution in [-0.4, -0.2) is 27.6 Å². The van der Waals surface area contributed by atoms with E-state index in [0.29, 0.717) is 13.0 Å². The Kier molecular flexibility index (Phi) is 5.24. The van der Waals surface area contributed by atoms with Crippen molar-refractivity contribution in [2.24, 2.45) is 0 Å². The first-order chi connectivity index (χ1) is 14.0. The minimum absolute atomic E-state index is 0.0282. The summed E-state index contributed by atoms with van der Waals surface area (Å²) in [6.45, 7) is 2.60. The van der Waals surface area contributed by atoms with Gasteiger partial charge in [0.05, 0.1) is 5.56 Å². The maximum atomic E-state index is 14.0. The summed E-state index contributed by atoms with van der Waals surface area (Å²) in [5, 5.41) is 6.72. The van der Waals surface area contributed by atoms with Crippen LogP contribution in [-0.2, 0) is 6.42 Å². The summed E-state index contributed by atoms with van der Waals surface area (Å²) < 4.78 is 32.4. The quantitative estimate of drug-likeness (QED) is 0.675. The number of benzene rings is 2. The van der Waals surface area contributed by atoms with Gasteiger partial charge in [0.25, 0.3) is 0 Å². The van der Waals surface area contributed by atoms with E-state index in [9.17, 15) is 13.6 Å². The third-order valence-electron chi connectivity index (χ3n) is 5.00. The zero-order chi connectivity index (χ0) is 20.4. The number of nitrogens with one attached hydrogen (secondary N) is 1. The molecule has 2 amide bonds. The first-order valence-corrected chi connectivity index (χ1v) is 9.50. The fourth-order valence-electron chi connectivity index (χ4n) is 3.48. The molecule has 0 unspecified atom stereocenters. The van der Waals surface area contributed by atoms with E-state index in [1.165, 1.54) is 6.07 Å². The minimum Gasteiger partial charge on any atom is -0.337 e. The summed E-state index contributed by atoms with van der Waals surface area (Å²) >= 11 is 0. The lowest BCUT2D eigenvalue weighted by Crippen LogP contribution is -2.34. The van der Waals surface area contributed by atoms with Gasteiger partial charge in [0.2, 0.25) is 11.7 Å². The SMILES string of the molecule is CCc1cccc(NC(=O)N2CCC[C@@H]2c2nc(-c3ccc(F)cc3F)no2)c1. The van der Waals surface area contributed by atoms with Crippen LogP contribution in [0.25, 0.3) is 11.4 Å². The molecule has 4 rings (SSSR count). The normalized spacial score (nSPS) is 16.2. The smallest absolute Gasteiger partial charge is 0.322 e. The molecule has 0 radical (unpaired) electrons. The Balaban J connectivity index is 1.52. The van der Waals surface area contributed by atoms with Crippen molar-refractivity contribution in [3.63, 3.8) is 0 Å². The zero-order valence-corrected chi connectivity index (χ0v) is 15.9. The molecule has 3 aromatic rings. The van der Waals surface area contributed by atoms with E-state index in [1.807, 2.05) is 24.3 Å². The highest BCUT2D eigenvalue weighted by molar-refractivity contribution is 5.89. The summed E-state index contributed by atoms with van der Waals surface area (Å²) in [6, 6.07) is 10.2. The van der Waals surface area contributed by atoms with Crippen LogP contribution in [0.2, 0.25) is 0 Å². The number of amides is 2. The monoisotopic (exact) mass is 398 g/mol. The summed E-state index contributed by atoms with van der Waals surface area (Å²) in [6.07, 6.45) is 2.33. The van der Waals surface area contributed by atoms with Gasteiger partial charge >= 0.3 is 6.03 Å². The van der Waals surface area contributed by atoms with E-state index in [4.69, 9.17) is 4.52 Å². The van der Waals surface area contributed by atoms with E-state index in [1.54, 1.807) is 4.90 Å². The van der Waals surface area contributed by atoms with Crippen molar-refractivity contribution in [1.29, 1.82) is 0 Å². The molecule has 0 aliphatic carbocycles. The van der Waals surface area contributed by atoms with Gasteiger partial charge < -0.3 is 14.7 Å². The first-order valence-electron chi connectivity index (χ1n) is 9.50. The molecule has 0 bridgehead atoms. The number of likely N-dealkylation sites (tertiary alicyclic amines) is 1. The number of anilines is 1. The Morgan fingerprint density at radius 2 is 2.14 bits per heavy atom. The van der Waals surface area contributed by atoms with Crippen LogP contribution in [0.4, 0.5) is 19.3 Å². The lowest BCUT2D eigenvalue weighted by atomic mass is 10.1. The molecule has 29 heavy (non-hydrogen) atoms. The molecule has 2 aromatic carbocycles. The first kappa shape index (κ1) is 19.0. The third kappa shape index (κ3) is 3.96. The largest absolute Gasteiger partial charge is 0.337 e. The summed E-state index contributed by atoms with van der Waals surface area (Å²) in [5.41, 5.74) is 1.90. The second kappa shape index (κ2) is 7.98. The number of nitrogens with zero attached hydrogens (tertiary/aromatic N) is 3. The zero-order valence-electron chi connectivity index (χ0n) is 15.9. The predicted octanol–water partition coefficient (Wildman–Crippen LogP) is 4.95. The minimum atomic E-state index is -0.769. The van der Waals surface area contributed by atoms with Crippen LogP contribution in [0, 0.1) is 11.6 Å². The van der Waals surface area contributed by atoms with Crippen LogP contribution in [0.5, 0.6) is 0 Å². The second-order valence-corrected chi connectivity index (χ2v) is 6.92. The van der Waals surface area contributed by atoms with Gasteiger partial charge in [-0.1, -0.05) is 24.2 Å². The lowest BCUT2D eigenvalue weighted by Gasteiger charge is -2.22. The molecule has 1 fully saturated rings. The van der Waals surface area contributed by atoms with Crippen LogP contribution in [0.3, 0.4) is 0 Å². The molecule has 2 heterocycles. The number of aryl methyl sites for hydroxylation is 1. The van der Waals surface area contributed by atoms with Gasteiger partial charge in [-0.05, 0) is 49.1 Å². The standard InChI is InChI=1S/C21H20F2N4O2/c1-2-13-5-3-6-15(11-13)24-21(28)27-10-4-7-18(27)20-25-19(26-29-20)16-9-8-14(22)12-17(16)23/h3,5-6,8-9,11-12,18H,2,4,7,10H2,1H3,(H,24,28)/t18-/m1/s1. The Hall–Kier alpha value is -3.29. The van der Waals surface area contributed by atoms with Gasteiger partial charge in [-0.25, -0.2) is 13.6 Å². The highest BCUT2D eigenvalue weighted by Crippen LogP contribution is 2.33. The maximum absolute atomic E-state index is 14.0. The fraction of sp³-hybridized carbons (Fsp3) is 0.286. The molecule has 8 heteroatoms. The number of halogens is 2. The van der Waals surface area contributed by atoms with E-state index in [-0.39, 0.29) is 23.3 Å². The summed E-state index contributed by atoms with van der Waals surface area (Å²) in [5.74, 6) is -1.19. The number of carbonyl (C=O) groups excluding carboxylic acids is 1. The van der Waals surface area contributed by atoms with Crippen molar-refractivity contribution in [1.82, 2.24) is 15.0 Å².